The number of ether oxygens (including phenoxy) is 1. The number of fused-ring (bicyclic) bond motifs is 1. The quantitative estimate of drug-likeness (QED) is 0.245. The molecule has 0 unspecified atom stereocenters. The number of pyridine rings is 1. The Kier molecular flexibility index (Phi) is 9.05. The molecule has 10 nitrogen and oxygen atoms in total. The number of benzene rings is 2. The largest absolute Gasteiger partial charge is 0.508 e. The Labute approximate surface area is 241 Å². The summed E-state index contributed by atoms with van der Waals surface area (Å²) in [6.07, 6.45) is 2.60. The van der Waals surface area contributed by atoms with Crippen molar-refractivity contribution in [3.05, 3.63) is 63.4 Å². The number of hydrogen-bond donors (Lipinski definition) is 4. The molecule has 3 aromatic rings. The third-order valence-corrected chi connectivity index (χ3v) is 7.06. The van der Waals surface area contributed by atoms with Gasteiger partial charge in [0.05, 0.1) is 28.8 Å². The summed E-state index contributed by atoms with van der Waals surface area (Å²) in [6, 6.07) is 5.90. The van der Waals surface area contributed by atoms with E-state index in [9.17, 15) is 19.5 Å². The maximum absolute atomic E-state index is 15.6. The molecule has 1 aliphatic carbocycles. The zero-order valence-corrected chi connectivity index (χ0v) is 24.0. The molecule has 2 aromatic carbocycles. The number of hydrogen-bond acceptors (Lipinski definition) is 8. The Morgan fingerprint density at radius 2 is 1.69 bits per heavy atom. The van der Waals surface area contributed by atoms with E-state index in [1.165, 1.54) is 28.8 Å². The molecular weight excluding hydrogens is 550 g/mol. The van der Waals surface area contributed by atoms with Crippen LogP contribution in [0.15, 0.2) is 35.3 Å². The van der Waals surface area contributed by atoms with Crippen LogP contribution in [0.4, 0.5) is 20.2 Å². The zero-order chi connectivity index (χ0) is 30.9. The van der Waals surface area contributed by atoms with Crippen molar-refractivity contribution < 1.29 is 33.3 Å². The number of carboxylic acids is 1. The molecule has 5 rings (SSSR count). The zero-order valence-electron chi connectivity index (χ0n) is 24.0. The molecule has 0 amide bonds. The van der Waals surface area contributed by atoms with Crippen LogP contribution in [-0.4, -0.2) is 58.5 Å². The number of aromatic nitrogens is 1. The molecule has 2 fully saturated rings. The second kappa shape index (κ2) is 12.4. The van der Waals surface area contributed by atoms with Crippen molar-refractivity contribution in [3.8, 4) is 5.75 Å². The second-order valence-electron chi connectivity index (χ2n) is 11.3. The summed E-state index contributed by atoms with van der Waals surface area (Å²) in [4.78, 5) is 37.1. The standard InChI is InChI=1S/C19H22F2N4O3.C11H14O3/c1-8-5-24(6-9(2)23-8)17-13(20)15(22)12-16(14(17)21)25(10-3-4-10)7-11(18(12)26)19(27)28;1-8(2)7-14-11(13)9-3-5-10(12)6-4-9/h7-10,23H,3-6,22H2,1-2H3,(H,27,28);3-6,8,12H,7H2,1-2H3/t8-,9+;. The van der Waals surface area contributed by atoms with Crippen molar-refractivity contribution in [2.45, 2.75) is 58.7 Å². The first-order valence-electron chi connectivity index (χ1n) is 13.9. The molecule has 2 heterocycles. The van der Waals surface area contributed by atoms with E-state index in [0.29, 0.717) is 31.2 Å². The predicted octanol–water partition coefficient (Wildman–Crippen LogP) is 4.29. The van der Waals surface area contributed by atoms with Gasteiger partial charge in [0, 0.05) is 37.4 Å². The fraction of sp³-hybridized carbons (Fsp3) is 0.433. The fourth-order valence-corrected chi connectivity index (χ4v) is 5.06. The van der Waals surface area contributed by atoms with E-state index in [0.717, 1.165) is 19.0 Å². The van der Waals surface area contributed by atoms with Crippen LogP contribution >= 0.6 is 0 Å². The number of carboxylic acid groups (broad SMARTS) is 1. The Morgan fingerprint density at radius 1 is 1.10 bits per heavy atom. The lowest BCUT2D eigenvalue weighted by Crippen LogP contribution is -2.54. The van der Waals surface area contributed by atoms with Crippen LogP contribution in [-0.2, 0) is 4.74 Å². The molecule has 1 aromatic heterocycles. The molecule has 1 saturated heterocycles. The third kappa shape index (κ3) is 6.48. The molecule has 5 N–H and O–H groups in total. The number of phenols is 1. The maximum Gasteiger partial charge on any atom is 0.341 e. The number of carbonyl (C=O) groups is 2. The number of anilines is 2. The first kappa shape index (κ1) is 30.8. The lowest BCUT2D eigenvalue weighted by Gasteiger charge is -2.38. The monoisotopic (exact) mass is 586 g/mol. The van der Waals surface area contributed by atoms with E-state index < -0.39 is 39.7 Å². The average molecular weight is 587 g/mol. The number of nitrogens with one attached hydrogen (secondary N) is 1. The van der Waals surface area contributed by atoms with Crippen LogP contribution in [0.3, 0.4) is 0 Å². The van der Waals surface area contributed by atoms with E-state index in [1.54, 1.807) is 4.90 Å². The highest BCUT2D eigenvalue weighted by molar-refractivity contribution is 5.99. The van der Waals surface area contributed by atoms with Gasteiger partial charge >= 0.3 is 11.9 Å². The molecule has 226 valence electrons. The van der Waals surface area contributed by atoms with E-state index in [2.05, 4.69) is 5.32 Å². The number of rotatable bonds is 6. The predicted molar refractivity (Wildman–Crippen MR) is 155 cm³/mol. The number of aromatic carboxylic acids is 1. The molecular formula is C30H36F2N4O6. The SMILES string of the molecule is CC(C)COC(=O)c1ccc(O)cc1.C[C@@H]1CN(c2c(F)c(N)c3c(=O)c(C(=O)O)cn(C4CC4)c3c2F)C[C@H](C)N1. The van der Waals surface area contributed by atoms with Crippen LogP contribution in [0.2, 0.25) is 0 Å². The van der Waals surface area contributed by atoms with Gasteiger partial charge in [0.1, 0.15) is 17.0 Å². The van der Waals surface area contributed by atoms with Crippen LogP contribution in [0.5, 0.6) is 5.75 Å². The number of nitrogens with two attached hydrogens (primary N) is 1. The number of carbonyl (C=O) groups excluding carboxylic acids is 1. The Bertz CT molecular complexity index is 1540. The van der Waals surface area contributed by atoms with Gasteiger partial charge in [-0.2, -0.15) is 0 Å². The third-order valence-electron chi connectivity index (χ3n) is 7.06. The van der Waals surface area contributed by atoms with Crippen molar-refractivity contribution in [2.75, 3.05) is 30.3 Å². The second-order valence-corrected chi connectivity index (χ2v) is 11.3. The van der Waals surface area contributed by atoms with Gasteiger partial charge in [-0.3, -0.25) is 4.79 Å². The number of esters is 1. The summed E-state index contributed by atoms with van der Waals surface area (Å²) in [6.45, 7) is 8.96. The summed E-state index contributed by atoms with van der Waals surface area (Å²) >= 11 is 0. The number of aromatic hydroxyl groups is 1. The van der Waals surface area contributed by atoms with Gasteiger partial charge in [-0.25, -0.2) is 18.4 Å². The molecule has 2 aliphatic rings. The number of piperazine rings is 1. The normalized spacial score (nSPS) is 18.5. The molecule has 0 bridgehead atoms. The highest BCUT2D eigenvalue weighted by Gasteiger charge is 2.34. The van der Waals surface area contributed by atoms with Crippen molar-refractivity contribution in [1.82, 2.24) is 9.88 Å². The molecule has 0 spiro atoms. The summed E-state index contributed by atoms with van der Waals surface area (Å²) in [7, 11) is 0. The summed E-state index contributed by atoms with van der Waals surface area (Å²) in [5.41, 5.74) is 4.00. The lowest BCUT2D eigenvalue weighted by molar-refractivity contribution is 0.0458. The number of halogens is 2. The van der Waals surface area contributed by atoms with E-state index in [-0.39, 0.29) is 41.0 Å². The molecule has 42 heavy (non-hydrogen) atoms. The van der Waals surface area contributed by atoms with Crippen LogP contribution < -0.4 is 21.4 Å². The van der Waals surface area contributed by atoms with Crippen molar-refractivity contribution in [3.63, 3.8) is 0 Å². The van der Waals surface area contributed by atoms with Gasteiger partial charge in [-0.15, -0.1) is 0 Å². The average Bonchev–Trinajstić information content (AvgIpc) is 3.76. The fourth-order valence-electron chi connectivity index (χ4n) is 5.06. The highest BCUT2D eigenvalue weighted by atomic mass is 19.1. The number of phenolic OH excluding ortho intramolecular Hbond substituents is 1. The molecule has 1 aliphatic heterocycles. The first-order valence-corrected chi connectivity index (χ1v) is 13.9. The van der Waals surface area contributed by atoms with Gasteiger partial charge in [-0.05, 0) is 56.9 Å². The van der Waals surface area contributed by atoms with Crippen molar-refractivity contribution >= 4 is 34.2 Å². The van der Waals surface area contributed by atoms with E-state index in [1.807, 2.05) is 27.7 Å². The van der Waals surface area contributed by atoms with Gasteiger partial charge < -0.3 is 35.5 Å². The Hall–Kier alpha value is -4.19. The summed E-state index contributed by atoms with van der Waals surface area (Å²) in [5.74, 6) is -3.22. The van der Waals surface area contributed by atoms with Crippen LogP contribution in [0.25, 0.3) is 10.9 Å². The van der Waals surface area contributed by atoms with Crippen molar-refractivity contribution in [1.29, 1.82) is 0 Å². The minimum atomic E-state index is -1.45. The molecule has 12 heteroatoms. The van der Waals surface area contributed by atoms with E-state index >= 15 is 8.78 Å². The molecule has 1 saturated carbocycles. The van der Waals surface area contributed by atoms with Crippen molar-refractivity contribution in [2.24, 2.45) is 5.92 Å². The summed E-state index contributed by atoms with van der Waals surface area (Å²) in [5, 5.41) is 21.2. The lowest BCUT2D eigenvalue weighted by atomic mass is 10.0. The topological polar surface area (TPSA) is 147 Å². The van der Waals surface area contributed by atoms with Crippen LogP contribution in [0.1, 0.15) is 67.3 Å². The van der Waals surface area contributed by atoms with Gasteiger partial charge in [-0.1, -0.05) is 13.8 Å². The summed E-state index contributed by atoms with van der Waals surface area (Å²) < 4.78 is 37.3. The first-order chi connectivity index (χ1) is 19.8. The smallest absolute Gasteiger partial charge is 0.341 e. The molecule has 2 atom stereocenters. The minimum absolute atomic E-state index is 0.0134. The highest BCUT2D eigenvalue weighted by Crippen LogP contribution is 2.41. The molecule has 0 radical (unpaired) electrons. The van der Waals surface area contributed by atoms with Crippen LogP contribution in [0, 0.1) is 17.6 Å². The van der Waals surface area contributed by atoms with Gasteiger partial charge in [0.2, 0.25) is 5.43 Å². The number of nitrogen functional groups attached to an aromatic ring is 1. The van der Waals surface area contributed by atoms with Gasteiger partial charge in [0.25, 0.3) is 0 Å². The van der Waals surface area contributed by atoms with Gasteiger partial charge in [0.15, 0.2) is 11.6 Å². The minimum Gasteiger partial charge on any atom is -0.508 e. The Morgan fingerprint density at radius 3 is 2.21 bits per heavy atom. The van der Waals surface area contributed by atoms with E-state index in [4.69, 9.17) is 15.6 Å². The Balaban J connectivity index is 0.000000244. The number of nitrogens with zero attached hydrogens (tertiary/aromatic N) is 2. The maximum atomic E-state index is 15.6.